The lowest BCUT2D eigenvalue weighted by molar-refractivity contribution is -0.153. The number of Topliss-reactive ketones (excluding diaryl/α,β-unsaturated/α-hetero) is 1. The first-order chi connectivity index (χ1) is 15.0. The summed E-state index contributed by atoms with van der Waals surface area (Å²) in [6.07, 6.45) is 8.78. The SMILES string of the molecule is CCC(=O)[C@@]1(C)[C@@H](C)C[C@H]2[C@@H]3CCC4=Cc5nn(CC)cc5C[C@]4(C)[C@@]3(Cl)[C@@H](O)C[C@@]21C. The first-order valence-corrected chi connectivity index (χ1v) is 13.0. The van der Waals surface area contributed by atoms with Gasteiger partial charge in [0.2, 0.25) is 0 Å². The number of ketones is 1. The molecule has 4 aliphatic carbocycles. The Morgan fingerprint density at radius 2 is 2.00 bits per heavy atom. The highest BCUT2D eigenvalue weighted by Crippen LogP contribution is 2.74. The standard InChI is InChI=1S/C27H39ClN2O2/c1-7-22(31)26(6)16(3)11-20-19-10-9-18-12-21-17(15-30(8-2)29-21)13-24(18,4)27(19,28)23(32)14-25(20,26)5/h12,15-16,19-20,23,32H,7-11,13-14H2,1-6H3/t16-,19-,20-,23-,24-,25-,26+,27-/m0/s1. The van der Waals surface area contributed by atoms with E-state index >= 15 is 0 Å². The summed E-state index contributed by atoms with van der Waals surface area (Å²) in [6, 6.07) is 0. The second-order valence-electron chi connectivity index (χ2n) is 11.8. The van der Waals surface area contributed by atoms with E-state index in [4.69, 9.17) is 16.7 Å². The number of nitrogens with zero attached hydrogens (tertiary/aromatic N) is 2. The quantitative estimate of drug-likeness (QED) is 0.595. The predicted octanol–water partition coefficient (Wildman–Crippen LogP) is 5.65. The maximum Gasteiger partial charge on any atom is 0.139 e. The maximum absolute atomic E-state index is 13.3. The molecule has 0 aromatic carbocycles. The van der Waals surface area contributed by atoms with Crippen LogP contribution in [0.1, 0.15) is 84.9 Å². The lowest BCUT2D eigenvalue weighted by Crippen LogP contribution is -2.68. The number of aromatic nitrogens is 2. The molecule has 5 heteroatoms. The number of aliphatic hydroxyl groups is 1. The number of carbonyl (C=O) groups excluding carboxylic acids is 1. The molecule has 4 aliphatic rings. The molecule has 8 atom stereocenters. The number of rotatable bonds is 3. The molecule has 32 heavy (non-hydrogen) atoms. The number of allylic oxidation sites excluding steroid dienone is 1. The van der Waals surface area contributed by atoms with Crippen molar-refractivity contribution in [2.75, 3.05) is 0 Å². The third-order valence-corrected chi connectivity index (χ3v) is 11.9. The van der Waals surface area contributed by atoms with Gasteiger partial charge < -0.3 is 5.11 Å². The highest BCUT2D eigenvalue weighted by Gasteiger charge is 2.73. The van der Waals surface area contributed by atoms with Gasteiger partial charge in [0, 0.05) is 30.0 Å². The third kappa shape index (κ3) is 2.44. The van der Waals surface area contributed by atoms with Gasteiger partial charge in [-0.1, -0.05) is 40.2 Å². The van der Waals surface area contributed by atoms with Crippen LogP contribution in [0.4, 0.5) is 0 Å². The number of alkyl halides is 1. The molecule has 1 N–H and O–H groups in total. The predicted molar refractivity (Wildman–Crippen MR) is 128 cm³/mol. The zero-order chi connectivity index (χ0) is 23.3. The van der Waals surface area contributed by atoms with E-state index < -0.39 is 16.4 Å². The van der Waals surface area contributed by atoms with Crippen molar-refractivity contribution in [2.45, 2.75) is 97.6 Å². The van der Waals surface area contributed by atoms with Gasteiger partial charge in [0.1, 0.15) is 5.78 Å². The molecule has 0 radical (unpaired) electrons. The minimum Gasteiger partial charge on any atom is -0.391 e. The van der Waals surface area contributed by atoms with Crippen LogP contribution in [0.5, 0.6) is 0 Å². The summed E-state index contributed by atoms with van der Waals surface area (Å²) >= 11 is 7.73. The number of carbonyl (C=O) groups is 1. The molecular formula is C27H39ClN2O2. The third-order valence-electron chi connectivity index (χ3n) is 11.0. The van der Waals surface area contributed by atoms with E-state index in [1.165, 1.54) is 11.1 Å². The topological polar surface area (TPSA) is 55.1 Å². The molecule has 0 amide bonds. The zero-order valence-corrected chi connectivity index (χ0v) is 21.3. The summed E-state index contributed by atoms with van der Waals surface area (Å²) in [5, 5.41) is 16.6. The smallest absolute Gasteiger partial charge is 0.139 e. The van der Waals surface area contributed by atoms with Gasteiger partial charge in [0.25, 0.3) is 0 Å². The largest absolute Gasteiger partial charge is 0.391 e. The normalized spacial score (nSPS) is 47.2. The first kappa shape index (κ1) is 22.7. The van der Waals surface area contributed by atoms with Gasteiger partial charge in [0.15, 0.2) is 0 Å². The van der Waals surface area contributed by atoms with Crippen LogP contribution in [0.15, 0.2) is 11.8 Å². The number of hydrogen-bond donors (Lipinski definition) is 1. The van der Waals surface area contributed by atoms with Gasteiger partial charge in [-0.25, -0.2) is 0 Å². The molecule has 0 aliphatic heterocycles. The monoisotopic (exact) mass is 458 g/mol. The van der Waals surface area contributed by atoms with Crippen molar-refractivity contribution in [2.24, 2.45) is 34.0 Å². The van der Waals surface area contributed by atoms with Crippen LogP contribution in [-0.2, 0) is 17.8 Å². The van der Waals surface area contributed by atoms with E-state index in [1.807, 2.05) is 11.6 Å². The molecule has 1 heterocycles. The Hall–Kier alpha value is -1.13. The van der Waals surface area contributed by atoms with E-state index in [0.717, 1.165) is 37.9 Å². The fourth-order valence-electron chi connectivity index (χ4n) is 8.79. The number of halogens is 1. The van der Waals surface area contributed by atoms with E-state index in [0.29, 0.717) is 30.5 Å². The second kappa shape index (κ2) is 6.95. The fourth-order valence-corrected chi connectivity index (χ4v) is 9.32. The van der Waals surface area contributed by atoms with Crippen LogP contribution in [0.25, 0.3) is 6.08 Å². The minimum atomic E-state index is -0.715. The minimum absolute atomic E-state index is 0.205. The van der Waals surface area contributed by atoms with Crippen LogP contribution in [0, 0.1) is 34.0 Å². The van der Waals surface area contributed by atoms with Crippen LogP contribution in [0.2, 0.25) is 0 Å². The highest BCUT2D eigenvalue weighted by molar-refractivity contribution is 6.26. The van der Waals surface area contributed by atoms with Gasteiger partial charge in [-0.3, -0.25) is 9.48 Å². The number of fused-ring (bicyclic) bond motifs is 6. The zero-order valence-electron chi connectivity index (χ0n) is 20.5. The Kier molecular flexibility index (Phi) is 4.92. The van der Waals surface area contributed by atoms with E-state index in [-0.39, 0.29) is 16.7 Å². The number of aliphatic hydroxyl groups excluding tert-OH is 1. The van der Waals surface area contributed by atoms with Crippen LogP contribution in [0.3, 0.4) is 0 Å². The Morgan fingerprint density at radius 3 is 2.66 bits per heavy atom. The van der Waals surface area contributed by atoms with E-state index in [2.05, 4.69) is 46.9 Å². The van der Waals surface area contributed by atoms with Crippen molar-refractivity contribution in [3.63, 3.8) is 0 Å². The Morgan fingerprint density at radius 1 is 1.28 bits per heavy atom. The first-order valence-electron chi connectivity index (χ1n) is 12.6. The van der Waals surface area contributed by atoms with Gasteiger partial charge in [-0.2, -0.15) is 5.10 Å². The molecule has 176 valence electrons. The van der Waals surface area contributed by atoms with Crippen molar-refractivity contribution in [3.8, 4) is 0 Å². The summed E-state index contributed by atoms with van der Waals surface area (Å²) in [5.41, 5.74) is 2.74. The second-order valence-corrected chi connectivity index (χ2v) is 12.5. The lowest BCUT2D eigenvalue weighted by Gasteiger charge is -2.65. The van der Waals surface area contributed by atoms with Crippen LogP contribution in [-0.4, -0.2) is 31.6 Å². The Labute approximate surface area is 197 Å². The summed E-state index contributed by atoms with van der Waals surface area (Å²) in [6.45, 7) is 13.9. The average Bonchev–Trinajstić information content (AvgIpc) is 3.24. The highest BCUT2D eigenvalue weighted by atomic mass is 35.5. The Balaban J connectivity index is 1.60. The van der Waals surface area contributed by atoms with Gasteiger partial charge >= 0.3 is 0 Å². The van der Waals surface area contributed by atoms with Gasteiger partial charge in [-0.05, 0) is 73.8 Å². The molecule has 1 aromatic heterocycles. The Bertz CT molecular complexity index is 1000. The van der Waals surface area contributed by atoms with E-state index in [1.54, 1.807) is 0 Å². The number of aryl methyl sites for hydroxylation is 1. The van der Waals surface area contributed by atoms with Crippen LogP contribution < -0.4 is 0 Å². The van der Waals surface area contributed by atoms with Gasteiger partial charge in [0.05, 0.1) is 16.7 Å². The maximum atomic E-state index is 13.3. The summed E-state index contributed by atoms with van der Waals surface area (Å²) < 4.78 is 2.01. The molecule has 1 aromatic rings. The molecular weight excluding hydrogens is 420 g/mol. The van der Waals surface area contributed by atoms with Crippen LogP contribution >= 0.6 is 11.6 Å². The molecule has 3 saturated carbocycles. The molecule has 0 saturated heterocycles. The molecule has 0 unspecified atom stereocenters. The summed E-state index contributed by atoms with van der Waals surface area (Å²) in [5.74, 6) is 1.22. The van der Waals surface area contributed by atoms with Crippen molar-refractivity contribution in [1.82, 2.24) is 9.78 Å². The molecule has 0 spiro atoms. The molecule has 3 fully saturated rings. The van der Waals surface area contributed by atoms with Crippen molar-refractivity contribution in [3.05, 3.63) is 23.0 Å². The van der Waals surface area contributed by atoms with Crippen molar-refractivity contribution < 1.29 is 9.90 Å². The molecule has 0 bridgehead atoms. The summed E-state index contributed by atoms with van der Waals surface area (Å²) in [7, 11) is 0. The average molecular weight is 459 g/mol. The summed E-state index contributed by atoms with van der Waals surface area (Å²) in [4.78, 5) is 12.6. The van der Waals surface area contributed by atoms with Crippen molar-refractivity contribution >= 4 is 23.5 Å². The molecule has 4 nitrogen and oxygen atoms in total. The van der Waals surface area contributed by atoms with Crippen molar-refractivity contribution in [1.29, 1.82) is 0 Å². The van der Waals surface area contributed by atoms with Gasteiger partial charge in [-0.15, -0.1) is 11.6 Å². The fraction of sp³-hybridized carbons (Fsp3) is 0.778. The van der Waals surface area contributed by atoms with E-state index in [9.17, 15) is 9.90 Å². The lowest BCUT2D eigenvalue weighted by atomic mass is 9.43. The number of hydrogen-bond acceptors (Lipinski definition) is 3. The molecule has 5 rings (SSSR count).